The number of anilines is 1. The number of amidine groups is 1. The lowest BCUT2D eigenvalue weighted by Crippen LogP contribution is -2.38. The first-order valence-corrected chi connectivity index (χ1v) is 12.4. The highest BCUT2D eigenvalue weighted by molar-refractivity contribution is 8.16. The standard InChI is InChI=1S/C21H21ClN2O3S2/c1-13-6-5-7-14(2)20(13)24-17-11-29(26,27)12-18(17)28-21(24)23-19(25)10-15-8-3-4-9-16(15)22/h3-9,17-18H,10-12H2,1-2H3/t17-,18-/m1/s1. The number of carbonyl (C=O) groups excluding carboxylic acids is 1. The first-order valence-electron chi connectivity index (χ1n) is 9.32. The van der Waals surface area contributed by atoms with Crippen molar-refractivity contribution < 1.29 is 13.2 Å². The molecule has 2 aliphatic heterocycles. The molecule has 2 aromatic rings. The predicted octanol–water partition coefficient (Wildman–Crippen LogP) is 3.80. The largest absolute Gasteiger partial charge is 0.315 e. The summed E-state index contributed by atoms with van der Waals surface area (Å²) in [7, 11) is -3.10. The second kappa shape index (κ2) is 7.78. The van der Waals surface area contributed by atoms with E-state index in [1.807, 2.05) is 55.1 Å². The molecule has 2 atom stereocenters. The normalized spacial score (nSPS) is 24.1. The molecule has 1 amide bonds. The molecular formula is C21H21ClN2O3S2. The van der Waals surface area contributed by atoms with Gasteiger partial charge in [0.05, 0.1) is 24.0 Å². The van der Waals surface area contributed by atoms with Crippen LogP contribution in [0.4, 0.5) is 5.69 Å². The van der Waals surface area contributed by atoms with Crippen LogP contribution in [0.15, 0.2) is 47.5 Å². The van der Waals surface area contributed by atoms with Crippen LogP contribution >= 0.6 is 23.4 Å². The highest BCUT2D eigenvalue weighted by Crippen LogP contribution is 2.43. The van der Waals surface area contributed by atoms with Crippen molar-refractivity contribution in [2.75, 3.05) is 16.4 Å². The Morgan fingerprint density at radius 2 is 1.83 bits per heavy atom. The van der Waals surface area contributed by atoms with Gasteiger partial charge in [-0.25, -0.2) is 8.42 Å². The van der Waals surface area contributed by atoms with Gasteiger partial charge in [-0.15, -0.1) is 0 Å². The Balaban J connectivity index is 1.71. The van der Waals surface area contributed by atoms with Crippen molar-refractivity contribution in [3.8, 4) is 0 Å². The van der Waals surface area contributed by atoms with Crippen LogP contribution in [0, 0.1) is 13.8 Å². The van der Waals surface area contributed by atoms with Crippen molar-refractivity contribution in [2.45, 2.75) is 31.6 Å². The van der Waals surface area contributed by atoms with Gasteiger partial charge in [0.2, 0.25) is 0 Å². The lowest BCUT2D eigenvalue weighted by atomic mass is 10.1. The minimum absolute atomic E-state index is 0.0795. The number of fused-ring (bicyclic) bond motifs is 1. The molecule has 0 spiro atoms. The van der Waals surface area contributed by atoms with Crippen molar-refractivity contribution in [2.24, 2.45) is 4.99 Å². The Morgan fingerprint density at radius 3 is 2.52 bits per heavy atom. The van der Waals surface area contributed by atoms with E-state index in [9.17, 15) is 13.2 Å². The maximum Gasteiger partial charge on any atom is 0.252 e. The van der Waals surface area contributed by atoms with Crippen LogP contribution in [0.2, 0.25) is 5.02 Å². The van der Waals surface area contributed by atoms with E-state index in [0.717, 1.165) is 22.4 Å². The summed E-state index contributed by atoms with van der Waals surface area (Å²) in [6.07, 6.45) is 0.109. The van der Waals surface area contributed by atoms with Crippen LogP contribution in [-0.4, -0.2) is 42.3 Å². The minimum Gasteiger partial charge on any atom is -0.315 e. The van der Waals surface area contributed by atoms with Crippen molar-refractivity contribution in [3.63, 3.8) is 0 Å². The molecule has 2 saturated heterocycles. The average molecular weight is 449 g/mol. The molecule has 2 aliphatic rings. The Kier molecular flexibility index (Phi) is 5.48. The van der Waals surface area contributed by atoms with Gasteiger partial charge in [-0.05, 0) is 36.6 Å². The van der Waals surface area contributed by atoms with Crippen LogP contribution in [0.1, 0.15) is 16.7 Å². The molecule has 8 heteroatoms. The molecule has 29 heavy (non-hydrogen) atoms. The number of aryl methyl sites for hydroxylation is 2. The third-order valence-electron chi connectivity index (χ3n) is 5.27. The summed E-state index contributed by atoms with van der Waals surface area (Å²) in [4.78, 5) is 19.1. The maximum absolute atomic E-state index is 12.7. The Bertz CT molecular complexity index is 1090. The van der Waals surface area contributed by atoms with Crippen molar-refractivity contribution in [1.29, 1.82) is 0 Å². The molecular weight excluding hydrogens is 428 g/mol. The molecule has 2 aromatic carbocycles. The summed E-state index contributed by atoms with van der Waals surface area (Å²) in [5.74, 6) is -0.0999. The number of hydrogen-bond donors (Lipinski definition) is 0. The molecule has 4 rings (SSSR count). The van der Waals surface area contributed by atoms with E-state index in [1.165, 1.54) is 11.8 Å². The number of carbonyl (C=O) groups is 1. The van der Waals surface area contributed by atoms with Crippen LogP contribution in [-0.2, 0) is 21.1 Å². The van der Waals surface area contributed by atoms with Crippen molar-refractivity contribution >= 4 is 50.0 Å². The highest BCUT2D eigenvalue weighted by atomic mass is 35.5. The number of aliphatic imine (C=N–C) groups is 1. The third kappa shape index (κ3) is 4.09. The van der Waals surface area contributed by atoms with E-state index >= 15 is 0 Å². The van der Waals surface area contributed by atoms with Gasteiger partial charge in [0.1, 0.15) is 0 Å². The van der Waals surface area contributed by atoms with Gasteiger partial charge in [0.15, 0.2) is 15.0 Å². The van der Waals surface area contributed by atoms with Gasteiger partial charge in [-0.3, -0.25) is 4.79 Å². The number of nitrogens with zero attached hydrogens (tertiary/aromatic N) is 2. The molecule has 0 aliphatic carbocycles. The predicted molar refractivity (Wildman–Crippen MR) is 120 cm³/mol. The van der Waals surface area contributed by atoms with Crippen LogP contribution in [0.5, 0.6) is 0 Å². The van der Waals surface area contributed by atoms with Gasteiger partial charge in [-0.2, -0.15) is 4.99 Å². The van der Waals surface area contributed by atoms with Crippen LogP contribution in [0.25, 0.3) is 0 Å². The number of thioether (sulfide) groups is 1. The van der Waals surface area contributed by atoms with E-state index in [-0.39, 0.29) is 35.1 Å². The fourth-order valence-corrected chi connectivity index (χ4v) is 8.08. The zero-order valence-electron chi connectivity index (χ0n) is 16.1. The quantitative estimate of drug-likeness (QED) is 0.714. The monoisotopic (exact) mass is 448 g/mol. The molecule has 0 bridgehead atoms. The summed E-state index contributed by atoms with van der Waals surface area (Å²) >= 11 is 7.57. The highest BCUT2D eigenvalue weighted by Gasteiger charge is 2.49. The van der Waals surface area contributed by atoms with E-state index in [1.54, 1.807) is 6.07 Å². The second-order valence-corrected chi connectivity index (χ2v) is 11.2. The number of sulfone groups is 1. The molecule has 0 aromatic heterocycles. The van der Waals surface area contributed by atoms with Crippen molar-refractivity contribution in [3.05, 3.63) is 64.2 Å². The van der Waals surface area contributed by atoms with Crippen molar-refractivity contribution in [1.82, 2.24) is 0 Å². The van der Waals surface area contributed by atoms with E-state index in [4.69, 9.17) is 11.6 Å². The lowest BCUT2D eigenvalue weighted by Gasteiger charge is -2.28. The Morgan fingerprint density at radius 1 is 1.14 bits per heavy atom. The summed E-state index contributed by atoms with van der Waals surface area (Å²) < 4.78 is 24.5. The number of hydrogen-bond acceptors (Lipinski definition) is 4. The molecule has 0 N–H and O–H groups in total. The van der Waals surface area contributed by atoms with Gasteiger partial charge in [-0.1, -0.05) is 59.8 Å². The Hall–Kier alpha value is -1.83. The van der Waals surface area contributed by atoms with Crippen LogP contribution < -0.4 is 4.90 Å². The second-order valence-electron chi connectivity index (χ2n) is 7.47. The summed E-state index contributed by atoms with van der Waals surface area (Å²) in [6, 6.07) is 13.0. The fraction of sp³-hybridized carbons (Fsp3) is 0.333. The van der Waals surface area contributed by atoms with E-state index in [2.05, 4.69) is 4.99 Å². The summed E-state index contributed by atoms with van der Waals surface area (Å²) in [5.41, 5.74) is 3.73. The van der Waals surface area contributed by atoms with Crippen LogP contribution in [0.3, 0.4) is 0 Å². The number of halogens is 1. The minimum atomic E-state index is -3.10. The third-order valence-corrected chi connectivity index (χ3v) is 8.85. The molecule has 5 nitrogen and oxygen atoms in total. The number of amides is 1. The van der Waals surface area contributed by atoms with Gasteiger partial charge in [0.25, 0.3) is 5.91 Å². The summed E-state index contributed by atoms with van der Waals surface area (Å²) in [5, 5.41) is 0.991. The first-order chi connectivity index (χ1) is 13.7. The zero-order valence-corrected chi connectivity index (χ0v) is 18.5. The van der Waals surface area contributed by atoms with Gasteiger partial charge < -0.3 is 4.90 Å². The zero-order chi connectivity index (χ0) is 20.8. The van der Waals surface area contributed by atoms with E-state index in [0.29, 0.717) is 10.2 Å². The van der Waals surface area contributed by atoms with Gasteiger partial charge >= 0.3 is 0 Å². The van der Waals surface area contributed by atoms with E-state index < -0.39 is 9.84 Å². The average Bonchev–Trinajstić information content (AvgIpc) is 3.09. The Labute approximate surface area is 180 Å². The molecule has 0 radical (unpaired) electrons. The molecule has 0 saturated carbocycles. The SMILES string of the molecule is Cc1cccc(C)c1N1C(=NC(=O)Cc2ccccc2Cl)S[C@@H]2CS(=O)(=O)C[C@H]21. The smallest absolute Gasteiger partial charge is 0.252 e. The maximum atomic E-state index is 12.7. The molecule has 2 heterocycles. The fourth-order valence-electron chi connectivity index (χ4n) is 3.96. The summed E-state index contributed by atoms with van der Waals surface area (Å²) in [6.45, 7) is 3.99. The number of rotatable bonds is 3. The molecule has 0 unspecified atom stereocenters. The number of para-hydroxylation sites is 1. The molecule has 2 fully saturated rings. The topological polar surface area (TPSA) is 66.8 Å². The lowest BCUT2D eigenvalue weighted by molar-refractivity contribution is -0.117. The first kappa shape index (κ1) is 20.4. The number of benzene rings is 2. The molecule has 152 valence electrons. The van der Waals surface area contributed by atoms with Gasteiger partial charge in [0, 0.05) is 16.0 Å².